The Balaban J connectivity index is 1.69. The molecule has 1 aromatic rings. The number of carbonyl (C=O) groups excluding carboxylic acids is 1. The van der Waals surface area contributed by atoms with Crippen molar-refractivity contribution < 1.29 is 9.53 Å². The minimum absolute atomic E-state index is 0.119. The second kappa shape index (κ2) is 8.28. The summed E-state index contributed by atoms with van der Waals surface area (Å²) >= 11 is 5.51. The van der Waals surface area contributed by atoms with Crippen LogP contribution in [0.3, 0.4) is 0 Å². The van der Waals surface area contributed by atoms with Gasteiger partial charge in [-0.25, -0.2) is 0 Å². The van der Waals surface area contributed by atoms with Crippen molar-refractivity contribution in [2.75, 3.05) is 25.6 Å². The van der Waals surface area contributed by atoms with E-state index in [1.54, 1.807) is 0 Å². The van der Waals surface area contributed by atoms with Crippen LogP contribution in [0.15, 0.2) is 24.3 Å². The van der Waals surface area contributed by atoms with Gasteiger partial charge in [-0.05, 0) is 36.8 Å². The summed E-state index contributed by atoms with van der Waals surface area (Å²) in [6, 6.07) is 8.42. The Kier molecular flexibility index (Phi) is 6.34. The summed E-state index contributed by atoms with van der Waals surface area (Å²) < 4.78 is 5.27. The van der Waals surface area contributed by atoms with Gasteiger partial charge < -0.3 is 10.1 Å². The molecule has 20 heavy (non-hydrogen) atoms. The molecule has 1 unspecified atom stereocenters. The molecule has 0 saturated heterocycles. The van der Waals surface area contributed by atoms with E-state index in [4.69, 9.17) is 16.3 Å². The highest BCUT2D eigenvalue weighted by atomic mass is 35.5. The minimum atomic E-state index is 0.119. The Hall–Kier alpha value is -1.06. The van der Waals surface area contributed by atoms with E-state index in [0.29, 0.717) is 25.6 Å². The number of carbonyl (C=O) groups is 1. The normalized spacial score (nSPS) is 17.6. The Labute approximate surface area is 125 Å². The second-order valence-corrected chi connectivity index (χ2v) is 5.53. The first-order valence-corrected chi connectivity index (χ1v) is 7.83. The van der Waals surface area contributed by atoms with Crippen LogP contribution in [0.1, 0.15) is 24.0 Å². The molecule has 1 N–H and O–H groups in total. The van der Waals surface area contributed by atoms with Gasteiger partial charge in [0, 0.05) is 24.9 Å². The molecule has 0 spiro atoms. The molecule has 1 aliphatic carbocycles. The topological polar surface area (TPSA) is 38.3 Å². The summed E-state index contributed by atoms with van der Waals surface area (Å²) in [7, 11) is 0. The maximum atomic E-state index is 12.1. The summed E-state index contributed by atoms with van der Waals surface area (Å²) in [5.41, 5.74) is 2.72. The molecule has 110 valence electrons. The van der Waals surface area contributed by atoms with Crippen LogP contribution in [0.4, 0.5) is 0 Å². The van der Waals surface area contributed by atoms with Crippen molar-refractivity contribution in [2.24, 2.45) is 5.92 Å². The molecule has 0 heterocycles. The maximum Gasteiger partial charge on any atom is 0.223 e. The number of hydrogen-bond donors (Lipinski definition) is 1. The number of fused-ring (bicyclic) bond motifs is 1. The van der Waals surface area contributed by atoms with Gasteiger partial charge in [0.25, 0.3) is 0 Å². The van der Waals surface area contributed by atoms with Crippen LogP contribution in [0, 0.1) is 5.92 Å². The predicted octanol–water partition coefficient (Wildman–Crippen LogP) is 2.55. The lowest BCUT2D eigenvalue weighted by molar-refractivity contribution is -0.125. The van der Waals surface area contributed by atoms with Crippen molar-refractivity contribution >= 4 is 17.5 Å². The summed E-state index contributed by atoms with van der Waals surface area (Å²) in [5.74, 6) is 0.818. The average molecular weight is 296 g/mol. The number of halogens is 1. The fourth-order valence-corrected chi connectivity index (χ4v) is 2.72. The third kappa shape index (κ3) is 4.50. The largest absolute Gasteiger partial charge is 0.380 e. The minimum Gasteiger partial charge on any atom is -0.380 e. The Bertz CT molecular complexity index is 436. The van der Waals surface area contributed by atoms with Gasteiger partial charge in [-0.1, -0.05) is 24.3 Å². The zero-order valence-electron chi connectivity index (χ0n) is 11.7. The number of hydrogen-bond acceptors (Lipinski definition) is 2. The molecule has 3 nitrogen and oxygen atoms in total. The van der Waals surface area contributed by atoms with Crippen LogP contribution < -0.4 is 5.32 Å². The van der Waals surface area contributed by atoms with Crippen LogP contribution in [0.2, 0.25) is 0 Å². The number of ether oxygens (including phenoxy) is 1. The molecule has 1 aliphatic rings. The molecule has 2 rings (SSSR count). The monoisotopic (exact) mass is 295 g/mol. The van der Waals surface area contributed by atoms with Crippen LogP contribution in [-0.4, -0.2) is 31.5 Å². The van der Waals surface area contributed by atoms with Crippen molar-refractivity contribution in [2.45, 2.75) is 25.7 Å². The van der Waals surface area contributed by atoms with Gasteiger partial charge in [-0.2, -0.15) is 0 Å². The molecule has 0 aliphatic heterocycles. The molecule has 1 amide bonds. The van der Waals surface area contributed by atoms with E-state index in [-0.39, 0.29) is 11.8 Å². The Morgan fingerprint density at radius 3 is 2.90 bits per heavy atom. The molecule has 4 heteroatoms. The van der Waals surface area contributed by atoms with Gasteiger partial charge >= 0.3 is 0 Å². The molecule has 0 aromatic heterocycles. The highest BCUT2D eigenvalue weighted by Gasteiger charge is 2.23. The molecule has 0 saturated carbocycles. The first-order valence-electron chi connectivity index (χ1n) is 7.29. The Morgan fingerprint density at radius 1 is 1.30 bits per heavy atom. The van der Waals surface area contributed by atoms with Crippen molar-refractivity contribution in [3.05, 3.63) is 35.4 Å². The van der Waals surface area contributed by atoms with E-state index < -0.39 is 0 Å². The summed E-state index contributed by atoms with van der Waals surface area (Å²) in [5, 5.41) is 3.01. The van der Waals surface area contributed by atoms with Crippen LogP contribution in [-0.2, 0) is 22.4 Å². The first kappa shape index (κ1) is 15.3. The fraction of sp³-hybridized carbons (Fsp3) is 0.562. The highest BCUT2D eigenvalue weighted by Crippen LogP contribution is 2.25. The molecule has 1 aromatic carbocycles. The SMILES string of the molecule is O=C(NCCCOCCCl)C1CCc2ccccc2C1. The number of alkyl halides is 1. The molecule has 0 fully saturated rings. The molecular weight excluding hydrogens is 274 g/mol. The van der Waals surface area contributed by atoms with Crippen LogP contribution in [0.5, 0.6) is 0 Å². The van der Waals surface area contributed by atoms with E-state index in [9.17, 15) is 4.79 Å². The van der Waals surface area contributed by atoms with E-state index in [0.717, 1.165) is 25.7 Å². The van der Waals surface area contributed by atoms with Gasteiger partial charge in [-0.3, -0.25) is 4.79 Å². The third-order valence-corrected chi connectivity index (χ3v) is 3.86. The zero-order chi connectivity index (χ0) is 14.2. The lowest BCUT2D eigenvalue weighted by Crippen LogP contribution is -2.35. The van der Waals surface area contributed by atoms with Gasteiger partial charge in [0.2, 0.25) is 5.91 Å². The molecule has 0 radical (unpaired) electrons. The zero-order valence-corrected chi connectivity index (χ0v) is 12.5. The van der Waals surface area contributed by atoms with Gasteiger partial charge in [0.05, 0.1) is 6.61 Å². The van der Waals surface area contributed by atoms with Crippen LogP contribution in [0.25, 0.3) is 0 Å². The number of nitrogens with one attached hydrogen (secondary N) is 1. The number of aryl methyl sites for hydroxylation is 1. The first-order chi connectivity index (χ1) is 9.81. The van der Waals surface area contributed by atoms with E-state index in [1.807, 2.05) is 6.07 Å². The van der Waals surface area contributed by atoms with Crippen molar-refractivity contribution in [3.63, 3.8) is 0 Å². The predicted molar refractivity (Wildman–Crippen MR) is 81.1 cm³/mol. The summed E-state index contributed by atoms with van der Waals surface area (Å²) in [4.78, 5) is 12.1. The molecule has 1 atom stereocenters. The molecular formula is C16H22ClNO2. The summed E-state index contributed by atoms with van der Waals surface area (Å²) in [6.07, 6.45) is 3.66. The van der Waals surface area contributed by atoms with Gasteiger partial charge in [-0.15, -0.1) is 11.6 Å². The number of amides is 1. The smallest absolute Gasteiger partial charge is 0.223 e. The van der Waals surface area contributed by atoms with E-state index in [2.05, 4.69) is 23.5 Å². The van der Waals surface area contributed by atoms with Gasteiger partial charge in [0.15, 0.2) is 0 Å². The van der Waals surface area contributed by atoms with E-state index >= 15 is 0 Å². The van der Waals surface area contributed by atoms with Crippen LogP contribution >= 0.6 is 11.6 Å². The van der Waals surface area contributed by atoms with E-state index in [1.165, 1.54) is 11.1 Å². The number of benzene rings is 1. The number of rotatable bonds is 7. The lowest BCUT2D eigenvalue weighted by atomic mass is 9.83. The average Bonchev–Trinajstić information content (AvgIpc) is 2.50. The fourth-order valence-electron chi connectivity index (χ4n) is 2.61. The lowest BCUT2D eigenvalue weighted by Gasteiger charge is -2.23. The standard InChI is InChI=1S/C16H22ClNO2/c17-8-11-20-10-3-9-18-16(19)15-7-6-13-4-1-2-5-14(13)12-15/h1-2,4-5,15H,3,6-12H2,(H,18,19). The summed E-state index contributed by atoms with van der Waals surface area (Å²) in [6.45, 7) is 1.91. The quantitative estimate of drug-likeness (QED) is 0.620. The van der Waals surface area contributed by atoms with Crippen molar-refractivity contribution in [3.8, 4) is 0 Å². The van der Waals surface area contributed by atoms with Crippen molar-refractivity contribution in [1.29, 1.82) is 0 Å². The maximum absolute atomic E-state index is 12.1. The van der Waals surface area contributed by atoms with Crippen molar-refractivity contribution in [1.82, 2.24) is 5.32 Å². The second-order valence-electron chi connectivity index (χ2n) is 5.15. The third-order valence-electron chi connectivity index (χ3n) is 3.70. The highest BCUT2D eigenvalue weighted by molar-refractivity contribution is 6.17. The molecule has 0 bridgehead atoms. The van der Waals surface area contributed by atoms with Gasteiger partial charge in [0.1, 0.15) is 0 Å². The Morgan fingerprint density at radius 2 is 2.10 bits per heavy atom.